The largest absolute Gasteiger partial charge is 0.316 e. The molecule has 0 atom stereocenters. The topological polar surface area (TPSA) is 80.5 Å². The van der Waals surface area contributed by atoms with E-state index < -0.39 is 21.7 Å². The summed E-state index contributed by atoms with van der Waals surface area (Å²) in [4.78, 5) is 17.8. The number of benzene rings is 3. The van der Waals surface area contributed by atoms with E-state index in [1.54, 1.807) is 0 Å². The molecule has 176 valence electrons. The summed E-state index contributed by atoms with van der Waals surface area (Å²) in [5, 5.41) is 0. The maximum Gasteiger partial charge on any atom is 0.279 e. The number of thiazole rings is 1. The zero-order valence-electron chi connectivity index (χ0n) is 19.0. The minimum atomic E-state index is -3.87. The van der Waals surface area contributed by atoms with Gasteiger partial charge in [0.1, 0.15) is 5.82 Å². The number of carbonyl (C=O) groups is 1. The Balaban J connectivity index is 1.61. The van der Waals surface area contributed by atoms with E-state index in [4.69, 9.17) is 0 Å². The van der Waals surface area contributed by atoms with Gasteiger partial charge in [-0.15, -0.1) is 0 Å². The van der Waals surface area contributed by atoms with Crippen LogP contribution in [0.3, 0.4) is 0 Å². The molecule has 0 radical (unpaired) electrons. The van der Waals surface area contributed by atoms with Crippen molar-refractivity contribution in [2.75, 3.05) is 4.72 Å². The maximum absolute atomic E-state index is 13.1. The molecule has 0 unspecified atom stereocenters. The third-order valence-corrected chi connectivity index (χ3v) is 7.89. The molecule has 0 fully saturated rings. The Morgan fingerprint density at radius 1 is 1.03 bits per heavy atom. The highest BCUT2D eigenvalue weighted by molar-refractivity contribution is 7.92. The summed E-state index contributed by atoms with van der Waals surface area (Å²) >= 11 is 1.48. The number of nitrogens with zero attached hydrogens (tertiary/aromatic N) is 2. The Kier molecular flexibility index (Phi) is 6.67. The number of hydrogen-bond donors (Lipinski definition) is 1. The molecule has 0 aliphatic heterocycles. The second kappa shape index (κ2) is 9.52. The monoisotopic (exact) mass is 497 g/mol. The molecular formula is C25H24FN3O3S2. The predicted molar refractivity (Wildman–Crippen MR) is 133 cm³/mol. The van der Waals surface area contributed by atoms with Gasteiger partial charge >= 0.3 is 0 Å². The van der Waals surface area contributed by atoms with E-state index in [0.717, 1.165) is 35.3 Å². The minimum Gasteiger partial charge on any atom is -0.316 e. The fraction of sp³-hybridized carbons (Fsp3) is 0.200. The van der Waals surface area contributed by atoms with Gasteiger partial charge in [0.15, 0.2) is 4.80 Å². The van der Waals surface area contributed by atoms with Crippen LogP contribution >= 0.6 is 11.3 Å². The molecule has 0 saturated carbocycles. The van der Waals surface area contributed by atoms with E-state index >= 15 is 0 Å². The highest BCUT2D eigenvalue weighted by Crippen LogP contribution is 2.23. The van der Waals surface area contributed by atoms with Crippen molar-refractivity contribution < 1.29 is 17.6 Å². The quantitative estimate of drug-likeness (QED) is 0.387. The van der Waals surface area contributed by atoms with Crippen LogP contribution in [0, 0.1) is 19.7 Å². The zero-order valence-corrected chi connectivity index (χ0v) is 20.6. The Labute approximate surface area is 201 Å². The SMILES string of the molecule is CCCn1c(=NC(=O)c2ccc(NS(=O)(=O)c3ccc(F)cc3)cc2)sc2cc(C)c(C)cc21. The third kappa shape index (κ3) is 4.95. The lowest BCUT2D eigenvalue weighted by atomic mass is 10.1. The predicted octanol–water partition coefficient (Wildman–Crippen LogP) is 5.41. The summed E-state index contributed by atoms with van der Waals surface area (Å²) in [5.74, 6) is -0.924. The van der Waals surface area contributed by atoms with Crippen molar-refractivity contribution in [3.05, 3.63) is 88.0 Å². The fourth-order valence-corrected chi connectivity index (χ4v) is 5.70. The third-order valence-electron chi connectivity index (χ3n) is 5.45. The average molecular weight is 498 g/mol. The van der Waals surface area contributed by atoms with Crippen LogP contribution in [0.15, 0.2) is 70.6 Å². The van der Waals surface area contributed by atoms with E-state index in [1.165, 1.54) is 58.9 Å². The molecule has 9 heteroatoms. The second-order valence-corrected chi connectivity index (χ2v) is 10.7. The van der Waals surface area contributed by atoms with Crippen LogP contribution in [-0.4, -0.2) is 18.9 Å². The number of fused-ring (bicyclic) bond motifs is 1. The Morgan fingerprint density at radius 2 is 1.68 bits per heavy atom. The maximum atomic E-state index is 13.1. The van der Waals surface area contributed by atoms with Crippen LogP contribution in [0.2, 0.25) is 0 Å². The number of aryl methyl sites for hydroxylation is 3. The van der Waals surface area contributed by atoms with Gasteiger partial charge in [-0.2, -0.15) is 4.99 Å². The fourth-order valence-electron chi connectivity index (χ4n) is 3.51. The van der Waals surface area contributed by atoms with E-state index in [-0.39, 0.29) is 10.6 Å². The van der Waals surface area contributed by atoms with Crippen molar-refractivity contribution >= 4 is 43.2 Å². The smallest absolute Gasteiger partial charge is 0.279 e. The Bertz CT molecular complexity index is 1540. The molecule has 1 N–H and O–H groups in total. The molecule has 0 saturated heterocycles. The molecule has 0 aliphatic carbocycles. The van der Waals surface area contributed by atoms with E-state index in [0.29, 0.717) is 10.4 Å². The summed E-state index contributed by atoms with van der Waals surface area (Å²) in [6, 6.07) is 14.8. The molecule has 6 nitrogen and oxygen atoms in total. The number of sulfonamides is 1. The number of carbonyl (C=O) groups excluding carboxylic acids is 1. The van der Waals surface area contributed by atoms with Crippen LogP contribution < -0.4 is 9.52 Å². The first-order chi connectivity index (χ1) is 16.2. The van der Waals surface area contributed by atoms with Gasteiger partial charge in [0.05, 0.1) is 15.1 Å². The summed E-state index contributed by atoms with van der Waals surface area (Å²) in [6.45, 7) is 6.95. The van der Waals surface area contributed by atoms with Crippen molar-refractivity contribution in [3.63, 3.8) is 0 Å². The standard InChI is InChI=1S/C25H24FN3O3S2/c1-4-13-29-22-14-16(2)17(3)15-23(22)33-25(29)27-24(30)18-5-9-20(10-6-18)28-34(31,32)21-11-7-19(26)8-12-21/h5-12,14-15,28H,4,13H2,1-3H3. The summed E-state index contributed by atoms with van der Waals surface area (Å²) in [6.07, 6.45) is 0.906. The van der Waals surface area contributed by atoms with Crippen LogP contribution in [0.5, 0.6) is 0 Å². The molecule has 34 heavy (non-hydrogen) atoms. The van der Waals surface area contributed by atoms with Gasteiger partial charge in [0.2, 0.25) is 0 Å². The molecule has 1 amide bonds. The number of rotatable bonds is 6. The number of nitrogens with one attached hydrogen (secondary N) is 1. The number of amides is 1. The number of anilines is 1. The highest BCUT2D eigenvalue weighted by atomic mass is 32.2. The Morgan fingerprint density at radius 3 is 2.32 bits per heavy atom. The highest BCUT2D eigenvalue weighted by Gasteiger charge is 2.15. The molecule has 4 aromatic rings. The van der Waals surface area contributed by atoms with Crippen molar-refractivity contribution in [2.45, 2.75) is 38.6 Å². The Hall–Kier alpha value is -3.30. The second-order valence-electron chi connectivity index (χ2n) is 7.99. The van der Waals surface area contributed by atoms with Crippen LogP contribution in [0.4, 0.5) is 10.1 Å². The molecule has 1 heterocycles. The van der Waals surface area contributed by atoms with Gasteiger partial charge in [-0.1, -0.05) is 18.3 Å². The number of aromatic nitrogens is 1. The first kappa shape index (κ1) is 23.8. The zero-order chi connectivity index (χ0) is 24.5. The lowest BCUT2D eigenvalue weighted by Gasteiger charge is -2.08. The van der Waals surface area contributed by atoms with Crippen LogP contribution in [0.25, 0.3) is 10.2 Å². The van der Waals surface area contributed by atoms with E-state index in [2.05, 4.69) is 47.2 Å². The van der Waals surface area contributed by atoms with Gasteiger partial charge in [-0.25, -0.2) is 12.8 Å². The number of hydrogen-bond acceptors (Lipinski definition) is 4. The molecule has 3 aromatic carbocycles. The van der Waals surface area contributed by atoms with Crippen LogP contribution in [0.1, 0.15) is 34.8 Å². The molecule has 4 rings (SSSR count). The minimum absolute atomic E-state index is 0.0558. The molecule has 0 aliphatic rings. The van der Waals surface area contributed by atoms with Gasteiger partial charge in [-0.3, -0.25) is 9.52 Å². The summed E-state index contributed by atoms with van der Waals surface area (Å²) in [5.41, 5.74) is 4.07. The normalized spacial score (nSPS) is 12.3. The van der Waals surface area contributed by atoms with Gasteiger partial charge < -0.3 is 4.57 Å². The number of halogens is 1. The van der Waals surface area contributed by atoms with Crippen molar-refractivity contribution in [1.82, 2.24) is 4.57 Å². The molecule has 0 bridgehead atoms. The van der Waals surface area contributed by atoms with Crippen molar-refractivity contribution in [3.8, 4) is 0 Å². The van der Waals surface area contributed by atoms with Crippen LogP contribution in [-0.2, 0) is 16.6 Å². The first-order valence-corrected chi connectivity index (χ1v) is 13.1. The van der Waals surface area contributed by atoms with Gasteiger partial charge in [-0.05, 0) is 92.1 Å². The summed E-state index contributed by atoms with van der Waals surface area (Å²) < 4.78 is 43.6. The van der Waals surface area contributed by atoms with Crippen molar-refractivity contribution in [2.24, 2.45) is 4.99 Å². The van der Waals surface area contributed by atoms with Gasteiger partial charge in [0.25, 0.3) is 15.9 Å². The van der Waals surface area contributed by atoms with E-state index in [9.17, 15) is 17.6 Å². The average Bonchev–Trinajstić information content (AvgIpc) is 3.10. The van der Waals surface area contributed by atoms with E-state index in [1.807, 2.05) is 0 Å². The first-order valence-electron chi connectivity index (χ1n) is 10.8. The molecular weight excluding hydrogens is 473 g/mol. The van der Waals surface area contributed by atoms with Gasteiger partial charge in [0, 0.05) is 17.8 Å². The lowest BCUT2D eigenvalue weighted by molar-refractivity contribution is 0.0998. The lowest BCUT2D eigenvalue weighted by Crippen LogP contribution is -2.17. The summed E-state index contributed by atoms with van der Waals surface area (Å²) in [7, 11) is -3.87. The van der Waals surface area contributed by atoms with Crippen molar-refractivity contribution in [1.29, 1.82) is 0 Å². The molecule has 0 spiro atoms. The molecule has 1 aromatic heterocycles.